The fourth-order valence-electron chi connectivity index (χ4n) is 3.11. The first-order valence-corrected chi connectivity index (χ1v) is 11.2. The van der Waals surface area contributed by atoms with E-state index in [1.165, 1.54) is 12.1 Å². The highest BCUT2D eigenvalue weighted by Gasteiger charge is 2.39. The molecule has 2 N–H and O–H groups in total. The Balaban J connectivity index is 2.15. The van der Waals surface area contributed by atoms with Crippen LogP contribution < -0.4 is 9.44 Å². The second kappa shape index (κ2) is 6.61. The van der Waals surface area contributed by atoms with E-state index >= 15 is 0 Å². The number of nitrogens with two attached hydrogens (primary N) is 1. The van der Waals surface area contributed by atoms with Crippen molar-refractivity contribution in [3.8, 4) is 0 Å². The minimum atomic E-state index is -4.74. The standard InChI is InChI=1S/C16H14ClF3N2O4S2/c1-9-6-10-7-12(27(21,23)24)3-5-14(10)22(9)28(25,26)15-8-11(16(18,19)20)2-4-13(15)17/h2-5,7-9H,6H2,1H3,(H2,21,23,24). The van der Waals surface area contributed by atoms with Crippen LogP contribution in [0.1, 0.15) is 18.1 Å². The average Bonchev–Trinajstić information content (AvgIpc) is 2.88. The Morgan fingerprint density at radius 1 is 1.11 bits per heavy atom. The van der Waals surface area contributed by atoms with Crippen molar-refractivity contribution in [2.45, 2.75) is 35.4 Å². The molecule has 6 nitrogen and oxygen atoms in total. The third kappa shape index (κ3) is 3.59. The molecule has 2 aromatic rings. The van der Waals surface area contributed by atoms with E-state index in [-0.39, 0.29) is 22.0 Å². The van der Waals surface area contributed by atoms with E-state index in [9.17, 15) is 30.0 Å². The minimum absolute atomic E-state index is 0.161. The molecule has 0 radical (unpaired) electrons. The zero-order valence-electron chi connectivity index (χ0n) is 14.2. The van der Waals surface area contributed by atoms with Crippen LogP contribution in [-0.4, -0.2) is 22.9 Å². The molecule has 1 atom stereocenters. The molecule has 0 spiro atoms. The maximum absolute atomic E-state index is 13.1. The Morgan fingerprint density at radius 2 is 1.75 bits per heavy atom. The van der Waals surface area contributed by atoms with Gasteiger partial charge in [-0.15, -0.1) is 0 Å². The molecule has 0 saturated heterocycles. The fourth-order valence-corrected chi connectivity index (χ4v) is 5.87. The van der Waals surface area contributed by atoms with Gasteiger partial charge in [0.2, 0.25) is 10.0 Å². The monoisotopic (exact) mass is 454 g/mol. The summed E-state index contributed by atoms with van der Waals surface area (Å²) in [6.45, 7) is 1.55. The van der Waals surface area contributed by atoms with Crippen LogP contribution in [0.15, 0.2) is 46.2 Å². The Kier molecular flexibility index (Phi) is 4.94. The largest absolute Gasteiger partial charge is 0.416 e. The SMILES string of the molecule is CC1Cc2cc(S(N)(=O)=O)ccc2N1S(=O)(=O)c1cc(C(F)(F)F)ccc1Cl. The van der Waals surface area contributed by atoms with Crippen LogP contribution in [0.25, 0.3) is 0 Å². The maximum Gasteiger partial charge on any atom is 0.416 e. The molecule has 1 unspecified atom stereocenters. The van der Waals surface area contributed by atoms with Gasteiger partial charge in [-0.05, 0) is 55.3 Å². The van der Waals surface area contributed by atoms with Crippen molar-refractivity contribution in [3.05, 3.63) is 52.5 Å². The third-order valence-corrected chi connectivity index (χ3v) is 7.65. The van der Waals surface area contributed by atoms with Crippen LogP contribution in [0.3, 0.4) is 0 Å². The molecular weight excluding hydrogens is 441 g/mol. The lowest BCUT2D eigenvalue weighted by Gasteiger charge is -2.25. The minimum Gasteiger partial charge on any atom is -0.263 e. The topological polar surface area (TPSA) is 97.5 Å². The number of halogens is 4. The van der Waals surface area contributed by atoms with Gasteiger partial charge < -0.3 is 0 Å². The van der Waals surface area contributed by atoms with Crippen molar-refractivity contribution in [3.63, 3.8) is 0 Å². The number of anilines is 1. The number of rotatable bonds is 3. The number of nitrogens with zero attached hydrogens (tertiary/aromatic N) is 1. The summed E-state index contributed by atoms with van der Waals surface area (Å²) < 4.78 is 89.3. The van der Waals surface area contributed by atoms with Gasteiger partial charge in [-0.2, -0.15) is 13.2 Å². The van der Waals surface area contributed by atoms with Gasteiger partial charge in [0.05, 0.1) is 21.2 Å². The van der Waals surface area contributed by atoms with Gasteiger partial charge in [0.1, 0.15) is 4.90 Å². The summed E-state index contributed by atoms with van der Waals surface area (Å²) in [7, 11) is -8.43. The van der Waals surface area contributed by atoms with Crippen LogP contribution in [0.2, 0.25) is 5.02 Å². The number of fused-ring (bicyclic) bond motifs is 1. The van der Waals surface area contributed by atoms with E-state index in [0.29, 0.717) is 17.7 Å². The van der Waals surface area contributed by atoms with Gasteiger partial charge in [0.25, 0.3) is 10.0 Å². The highest BCUT2D eigenvalue weighted by molar-refractivity contribution is 7.93. The Hall–Kier alpha value is -1.82. The van der Waals surface area contributed by atoms with Gasteiger partial charge in [-0.3, -0.25) is 4.31 Å². The molecule has 1 aliphatic rings. The molecule has 2 aromatic carbocycles. The Labute approximate surface area is 164 Å². The van der Waals surface area contributed by atoms with E-state index in [0.717, 1.165) is 16.4 Å². The molecule has 0 bridgehead atoms. The van der Waals surface area contributed by atoms with E-state index in [2.05, 4.69) is 0 Å². The lowest BCUT2D eigenvalue weighted by Crippen LogP contribution is -2.36. The van der Waals surface area contributed by atoms with Gasteiger partial charge in [0, 0.05) is 6.04 Å². The van der Waals surface area contributed by atoms with Gasteiger partial charge in [-0.1, -0.05) is 11.6 Å². The van der Waals surface area contributed by atoms with Crippen LogP contribution in [0.4, 0.5) is 18.9 Å². The Bertz CT molecular complexity index is 1160. The van der Waals surface area contributed by atoms with E-state index < -0.39 is 42.7 Å². The number of primary sulfonamides is 1. The smallest absolute Gasteiger partial charge is 0.263 e. The number of hydrogen-bond acceptors (Lipinski definition) is 4. The van der Waals surface area contributed by atoms with Crippen LogP contribution in [0.5, 0.6) is 0 Å². The molecule has 28 heavy (non-hydrogen) atoms. The zero-order chi connectivity index (χ0) is 21.1. The van der Waals surface area contributed by atoms with Gasteiger partial charge in [-0.25, -0.2) is 22.0 Å². The summed E-state index contributed by atoms with van der Waals surface area (Å²) in [5.41, 5.74) is -0.591. The normalized spacial score (nSPS) is 17.6. The van der Waals surface area contributed by atoms with Crippen LogP contribution in [-0.2, 0) is 32.6 Å². The summed E-state index contributed by atoms with van der Waals surface area (Å²) in [4.78, 5) is -0.867. The predicted molar refractivity (Wildman–Crippen MR) is 97.1 cm³/mol. The fraction of sp³-hybridized carbons (Fsp3) is 0.250. The van der Waals surface area contributed by atoms with E-state index in [1.807, 2.05) is 0 Å². The Morgan fingerprint density at radius 3 is 2.32 bits per heavy atom. The molecule has 0 aliphatic carbocycles. The highest BCUT2D eigenvalue weighted by Crippen LogP contribution is 2.40. The molecule has 0 amide bonds. The number of benzene rings is 2. The van der Waals surface area contributed by atoms with Crippen LogP contribution in [0, 0.1) is 0 Å². The average molecular weight is 455 g/mol. The lowest BCUT2D eigenvalue weighted by atomic mass is 10.1. The first-order chi connectivity index (χ1) is 12.7. The molecular formula is C16H14ClF3N2O4S2. The summed E-state index contributed by atoms with van der Waals surface area (Å²) in [6, 6.07) is 5.05. The molecule has 3 rings (SSSR count). The lowest BCUT2D eigenvalue weighted by molar-refractivity contribution is -0.137. The molecule has 1 aliphatic heterocycles. The van der Waals surface area contributed by atoms with Crippen LogP contribution >= 0.6 is 11.6 Å². The maximum atomic E-state index is 13.1. The quantitative estimate of drug-likeness (QED) is 0.770. The summed E-state index contributed by atoms with van der Waals surface area (Å²) in [6.07, 6.45) is -4.58. The van der Waals surface area contributed by atoms with E-state index in [4.69, 9.17) is 16.7 Å². The molecule has 152 valence electrons. The van der Waals surface area contributed by atoms with Crippen molar-refractivity contribution in [1.82, 2.24) is 0 Å². The van der Waals surface area contributed by atoms with Gasteiger partial charge >= 0.3 is 6.18 Å². The zero-order valence-corrected chi connectivity index (χ0v) is 16.6. The second-order valence-electron chi connectivity index (χ2n) is 6.33. The van der Waals surface area contributed by atoms with Crippen molar-refractivity contribution >= 4 is 37.3 Å². The number of sulfonamides is 2. The van der Waals surface area contributed by atoms with Crippen molar-refractivity contribution in [2.24, 2.45) is 5.14 Å². The predicted octanol–water partition coefficient (Wildman–Crippen LogP) is 3.15. The molecule has 0 fully saturated rings. The van der Waals surface area contributed by atoms with E-state index in [1.54, 1.807) is 6.92 Å². The van der Waals surface area contributed by atoms with Crippen molar-refractivity contribution in [1.29, 1.82) is 0 Å². The van der Waals surface area contributed by atoms with Crippen molar-refractivity contribution in [2.75, 3.05) is 4.31 Å². The summed E-state index contributed by atoms with van der Waals surface area (Å²) >= 11 is 5.90. The van der Waals surface area contributed by atoms with Crippen molar-refractivity contribution < 1.29 is 30.0 Å². The first-order valence-electron chi connectivity index (χ1n) is 7.80. The highest BCUT2D eigenvalue weighted by atomic mass is 35.5. The first kappa shape index (κ1) is 20.9. The second-order valence-corrected chi connectivity index (χ2v) is 10.1. The number of hydrogen-bond donors (Lipinski definition) is 1. The van der Waals surface area contributed by atoms with Gasteiger partial charge in [0.15, 0.2) is 0 Å². The number of alkyl halides is 3. The summed E-state index contributed by atoms with van der Waals surface area (Å²) in [5, 5.41) is 4.74. The molecule has 0 aromatic heterocycles. The third-order valence-electron chi connectivity index (χ3n) is 4.33. The molecule has 1 heterocycles. The molecule has 0 saturated carbocycles. The molecule has 12 heteroatoms. The summed E-state index contributed by atoms with van der Waals surface area (Å²) in [5.74, 6) is 0.